The third-order valence-corrected chi connectivity index (χ3v) is 5.36. The molecule has 2 aromatic heterocycles. The molecule has 0 aliphatic rings. The van der Waals surface area contributed by atoms with E-state index in [-0.39, 0.29) is 22.9 Å². The first-order valence-electron chi connectivity index (χ1n) is 10.1. The Kier molecular flexibility index (Phi) is 6.64. The van der Waals surface area contributed by atoms with E-state index in [0.717, 1.165) is 10.7 Å². The third kappa shape index (κ3) is 4.64. The molecule has 0 N–H and O–H groups in total. The maximum absolute atomic E-state index is 13.1. The molecule has 0 fully saturated rings. The second kappa shape index (κ2) is 9.79. The van der Waals surface area contributed by atoms with Gasteiger partial charge in [0.2, 0.25) is 5.88 Å². The average Bonchev–Trinajstić information content (AvgIpc) is 2.84. The summed E-state index contributed by atoms with van der Waals surface area (Å²) in [6.07, 6.45) is 3.06. The molecule has 10 nitrogen and oxygen atoms in total. The Morgan fingerprint density at radius 2 is 2.06 bits per heavy atom. The van der Waals surface area contributed by atoms with Crippen LogP contribution in [0.2, 0.25) is 0 Å². The van der Waals surface area contributed by atoms with Gasteiger partial charge in [0.15, 0.2) is 11.5 Å². The van der Waals surface area contributed by atoms with Crippen LogP contribution in [0.4, 0.5) is 5.69 Å². The van der Waals surface area contributed by atoms with Gasteiger partial charge in [-0.25, -0.2) is 9.97 Å². The van der Waals surface area contributed by atoms with E-state index in [9.17, 15) is 14.9 Å². The highest BCUT2D eigenvalue weighted by atomic mass is 79.9. The van der Waals surface area contributed by atoms with E-state index in [1.165, 1.54) is 30.1 Å². The van der Waals surface area contributed by atoms with E-state index in [2.05, 4.69) is 31.0 Å². The minimum Gasteiger partial charge on any atom is -0.493 e. The second-order valence-corrected chi connectivity index (χ2v) is 7.91. The van der Waals surface area contributed by atoms with Gasteiger partial charge in [0, 0.05) is 28.6 Å². The zero-order valence-corrected chi connectivity index (χ0v) is 19.7. The summed E-state index contributed by atoms with van der Waals surface area (Å²) in [6, 6.07) is 13.2. The molecule has 0 radical (unpaired) electrons. The van der Waals surface area contributed by atoms with Crippen LogP contribution < -0.4 is 15.0 Å². The molecule has 0 spiro atoms. The minimum atomic E-state index is -0.544. The summed E-state index contributed by atoms with van der Waals surface area (Å²) < 4.78 is 13.3. The number of aromatic nitrogens is 3. The monoisotopic (exact) mass is 523 g/mol. The van der Waals surface area contributed by atoms with Crippen LogP contribution >= 0.6 is 15.9 Å². The van der Waals surface area contributed by atoms with Gasteiger partial charge in [0.1, 0.15) is 12.0 Å². The lowest BCUT2D eigenvalue weighted by molar-refractivity contribution is -0.385. The molecule has 0 saturated heterocycles. The molecule has 0 aliphatic carbocycles. The normalized spacial score (nSPS) is 11.1. The van der Waals surface area contributed by atoms with Crippen LogP contribution in [0.1, 0.15) is 18.3 Å². The van der Waals surface area contributed by atoms with Crippen molar-refractivity contribution in [2.75, 3.05) is 7.11 Å². The first kappa shape index (κ1) is 23.1. The molecule has 0 amide bonds. The summed E-state index contributed by atoms with van der Waals surface area (Å²) in [5, 5.41) is 15.7. The van der Waals surface area contributed by atoms with Crippen molar-refractivity contribution < 1.29 is 14.4 Å². The molecule has 4 rings (SSSR count). The number of nitrogens with zero attached hydrogens (tertiary/aromatic N) is 5. The summed E-state index contributed by atoms with van der Waals surface area (Å²) in [4.78, 5) is 32.0. The zero-order valence-electron chi connectivity index (χ0n) is 18.1. The number of ether oxygens (including phenoxy) is 2. The first-order valence-corrected chi connectivity index (χ1v) is 10.9. The Morgan fingerprint density at radius 1 is 1.24 bits per heavy atom. The summed E-state index contributed by atoms with van der Waals surface area (Å²) in [5.41, 5.74) is 0.631. The van der Waals surface area contributed by atoms with Gasteiger partial charge in [-0.2, -0.15) is 9.78 Å². The fourth-order valence-corrected chi connectivity index (χ4v) is 3.57. The molecule has 0 unspecified atom stereocenters. The number of aryl methyl sites for hydroxylation is 1. The summed E-state index contributed by atoms with van der Waals surface area (Å²) in [5.74, 6) is 1.32. The molecule has 172 valence electrons. The molecule has 0 bridgehead atoms. The first-order chi connectivity index (χ1) is 16.4. The molecule has 2 aromatic carbocycles. The average molecular weight is 524 g/mol. The van der Waals surface area contributed by atoms with E-state index in [1.54, 1.807) is 30.3 Å². The maximum atomic E-state index is 13.1. The van der Waals surface area contributed by atoms with Crippen LogP contribution in [0, 0.1) is 10.1 Å². The highest BCUT2D eigenvalue weighted by Gasteiger charge is 2.14. The molecule has 0 atom stereocenters. The second-order valence-electron chi connectivity index (χ2n) is 7.00. The SMILES string of the molecule is CCc1nc2ccc(Br)cc2c(=O)n1N=Cc1cccc(OC)c1Oc1ccc([N+](=O)[O-])cn1. The number of hydrogen-bond donors (Lipinski definition) is 0. The third-order valence-electron chi connectivity index (χ3n) is 4.87. The summed E-state index contributed by atoms with van der Waals surface area (Å²) in [6.45, 7) is 1.89. The predicted molar refractivity (Wildman–Crippen MR) is 130 cm³/mol. The van der Waals surface area contributed by atoms with Crippen LogP contribution in [-0.4, -0.2) is 32.9 Å². The fourth-order valence-electron chi connectivity index (χ4n) is 3.21. The number of methoxy groups -OCH3 is 1. The summed E-state index contributed by atoms with van der Waals surface area (Å²) in [7, 11) is 1.48. The van der Waals surface area contributed by atoms with E-state index in [0.29, 0.717) is 34.5 Å². The molecule has 11 heteroatoms. The Morgan fingerprint density at radius 3 is 2.74 bits per heavy atom. The predicted octanol–water partition coefficient (Wildman–Crippen LogP) is 4.71. The van der Waals surface area contributed by atoms with Crippen molar-refractivity contribution in [3.63, 3.8) is 0 Å². The van der Waals surface area contributed by atoms with Gasteiger partial charge in [-0.1, -0.05) is 28.9 Å². The molecule has 0 aliphatic heterocycles. The number of rotatable bonds is 7. The molecular formula is C23H18BrN5O5. The lowest BCUT2D eigenvalue weighted by Crippen LogP contribution is -2.22. The number of hydrogen-bond acceptors (Lipinski definition) is 8. The topological polar surface area (TPSA) is 122 Å². The van der Waals surface area contributed by atoms with Gasteiger partial charge in [0.05, 0.1) is 29.2 Å². The van der Waals surface area contributed by atoms with Crippen molar-refractivity contribution in [1.29, 1.82) is 0 Å². The standard InChI is InChI=1S/C23H18BrN5O5/c1-3-20-27-18-9-7-15(24)11-17(18)23(30)28(20)26-12-14-5-4-6-19(33-2)22(14)34-21-10-8-16(13-25-21)29(31)32/h4-13H,3H2,1-2H3. The number of pyridine rings is 1. The van der Waals surface area contributed by atoms with Gasteiger partial charge in [0.25, 0.3) is 11.2 Å². The number of halogens is 1. The van der Waals surface area contributed by atoms with Gasteiger partial charge in [-0.15, -0.1) is 0 Å². The number of fused-ring (bicyclic) bond motifs is 1. The highest BCUT2D eigenvalue weighted by molar-refractivity contribution is 9.10. The van der Waals surface area contributed by atoms with Crippen LogP contribution in [-0.2, 0) is 6.42 Å². The molecular weight excluding hydrogens is 506 g/mol. The van der Waals surface area contributed by atoms with Crippen LogP contribution in [0.5, 0.6) is 17.4 Å². The maximum Gasteiger partial charge on any atom is 0.287 e. The van der Waals surface area contributed by atoms with Crippen molar-refractivity contribution in [2.45, 2.75) is 13.3 Å². The quantitative estimate of drug-likeness (QED) is 0.195. The lowest BCUT2D eigenvalue weighted by atomic mass is 10.2. The van der Waals surface area contributed by atoms with Crippen LogP contribution in [0.3, 0.4) is 0 Å². The molecule has 0 saturated carbocycles. The van der Waals surface area contributed by atoms with Gasteiger partial charge >= 0.3 is 0 Å². The summed E-state index contributed by atoms with van der Waals surface area (Å²) >= 11 is 3.38. The largest absolute Gasteiger partial charge is 0.493 e. The van der Waals surface area contributed by atoms with Crippen LogP contribution in [0.15, 0.2) is 69.1 Å². The minimum absolute atomic E-state index is 0.133. The van der Waals surface area contributed by atoms with Crippen molar-refractivity contribution in [3.8, 4) is 17.4 Å². The molecule has 4 aromatic rings. The number of benzene rings is 2. The molecule has 2 heterocycles. The van der Waals surface area contributed by atoms with E-state index < -0.39 is 4.92 Å². The lowest BCUT2D eigenvalue weighted by Gasteiger charge is -2.12. The van der Waals surface area contributed by atoms with Crippen molar-refractivity contribution in [1.82, 2.24) is 14.6 Å². The highest BCUT2D eigenvalue weighted by Crippen LogP contribution is 2.34. The Bertz CT molecular complexity index is 1470. The van der Waals surface area contributed by atoms with E-state index in [4.69, 9.17) is 9.47 Å². The van der Waals surface area contributed by atoms with Crippen molar-refractivity contribution in [2.24, 2.45) is 5.10 Å². The van der Waals surface area contributed by atoms with E-state index in [1.807, 2.05) is 13.0 Å². The van der Waals surface area contributed by atoms with Crippen LogP contribution in [0.25, 0.3) is 10.9 Å². The van der Waals surface area contributed by atoms with Gasteiger partial charge in [-0.05, 0) is 30.3 Å². The smallest absolute Gasteiger partial charge is 0.287 e. The Balaban J connectivity index is 1.77. The number of nitro groups is 1. The van der Waals surface area contributed by atoms with Crippen molar-refractivity contribution >= 4 is 38.7 Å². The van der Waals surface area contributed by atoms with E-state index >= 15 is 0 Å². The van der Waals surface area contributed by atoms with Gasteiger partial charge in [-0.3, -0.25) is 14.9 Å². The fraction of sp³-hybridized carbons (Fsp3) is 0.130. The molecule has 34 heavy (non-hydrogen) atoms. The van der Waals surface area contributed by atoms with Gasteiger partial charge < -0.3 is 9.47 Å². The van der Waals surface area contributed by atoms with Crippen molar-refractivity contribution in [3.05, 3.63) is 91.1 Å². The zero-order chi connectivity index (χ0) is 24.2. The Hall–Kier alpha value is -4.12. The number of para-hydroxylation sites is 1. The Labute approximate surface area is 201 Å².